The fraction of sp³-hybridized carbons (Fsp3) is 0.308. The normalized spacial score (nSPS) is 10.6. The highest BCUT2D eigenvalue weighted by atomic mass is 14.9. The number of imidazole rings is 1. The van der Waals surface area contributed by atoms with Crippen molar-refractivity contribution in [1.82, 2.24) is 9.97 Å². The second-order valence-electron chi connectivity index (χ2n) is 3.91. The number of nitrogens with one attached hydrogen (secondary N) is 1. The third-order valence-corrected chi connectivity index (χ3v) is 2.58. The van der Waals surface area contributed by atoms with Crippen LogP contribution in [0.4, 0.5) is 0 Å². The van der Waals surface area contributed by atoms with Crippen molar-refractivity contribution in [2.75, 3.05) is 0 Å². The molecule has 0 aliphatic rings. The molecule has 0 unspecified atom stereocenters. The Hall–Kier alpha value is -1.61. The summed E-state index contributed by atoms with van der Waals surface area (Å²) in [6.07, 6.45) is 4.09. The molecule has 0 aliphatic carbocycles. The molecule has 0 fully saturated rings. The van der Waals surface area contributed by atoms with Crippen molar-refractivity contribution < 1.29 is 0 Å². The van der Waals surface area contributed by atoms with E-state index in [1.54, 1.807) is 0 Å². The quantitative estimate of drug-likeness (QED) is 0.823. The van der Waals surface area contributed by atoms with Gasteiger partial charge in [-0.15, -0.1) is 0 Å². The van der Waals surface area contributed by atoms with Gasteiger partial charge in [0.05, 0.1) is 0 Å². The maximum absolute atomic E-state index is 5.62. The van der Waals surface area contributed by atoms with E-state index in [0.29, 0.717) is 6.54 Å². The Balaban J connectivity index is 2.27. The molecule has 2 aromatic rings. The molecule has 0 saturated heterocycles. The zero-order valence-electron chi connectivity index (χ0n) is 9.53. The molecular weight excluding hydrogens is 198 g/mol. The first-order chi connectivity index (χ1) is 7.83. The number of hydrogen-bond donors (Lipinski definition) is 2. The van der Waals surface area contributed by atoms with E-state index < -0.39 is 0 Å². The summed E-state index contributed by atoms with van der Waals surface area (Å²) in [5.41, 5.74) is 9.04. The molecule has 1 heterocycles. The summed E-state index contributed by atoms with van der Waals surface area (Å²) >= 11 is 0. The number of benzene rings is 1. The molecule has 0 aliphatic heterocycles. The molecule has 1 aromatic heterocycles. The Bertz CT molecular complexity index is 460. The molecule has 0 bridgehead atoms. The Morgan fingerprint density at radius 1 is 1.38 bits per heavy atom. The van der Waals surface area contributed by atoms with Crippen LogP contribution in [0.5, 0.6) is 0 Å². The highest BCUT2D eigenvalue weighted by molar-refractivity contribution is 5.56. The molecule has 2 rings (SSSR count). The van der Waals surface area contributed by atoms with Gasteiger partial charge in [-0.05, 0) is 18.1 Å². The van der Waals surface area contributed by atoms with E-state index in [1.807, 2.05) is 24.4 Å². The van der Waals surface area contributed by atoms with Crippen molar-refractivity contribution >= 4 is 0 Å². The monoisotopic (exact) mass is 215 g/mol. The average molecular weight is 215 g/mol. The zero-order valence-corrected chi connectivity index (χ0v) is 9.53. The number of aromatic nitrogens is 2. The van der Waals surface area contributed by atoms with Crippen LogP contribution in [0.25, 0.3) is 11.4 Å². The predicted octanol–water partition coefficient (Wildman–Crippen LogP) is 2.49. The highest BCUT2D eigenvalue weighted by Crippen LogP contribution is 2.17. The third kappa shape index (κ3) is 2.31. The summed E-state index contributed by atoms with van der Waals surface area (Å²) in [5.74, 6) is 0.929. The van der Waals surface area contributed by atoms with E-state index in [2.05, 4.69) is 23.0 Å². The van der Waals surface area contributed by atoms with Crippen LogP contribution in [-0.4, -0.2) is 9.97 Å². The van der Waals surface area contributed by atoms with Crippen LogP contribution in [0, 0.1) is 0 Å². The van der Waals surface area contributed by atoms with Crippen molar-refractivity contribution in [3.8, 4) is 11.4 Å². The molecule has 0 amide bonds. The van der Waals surface area contributed by atoms with Gasteiger partial charge in [-0.3, -0.25) is 0 Å². The van der Waals surface area contributed by atoms with Crippen LogP contribution >= 0.6 is 0 Å². The SMILES string of the molecule is CCCc1cnc(-c2cccc(CN)c2)[nH]1. The smallest absolute Gasteiger partial charge is 0.137 e. The van der Waals surface area contributed by atoms with E-state index in [1.165, 1.54) is 5.69 Å². The summed E-state index contributed by atoms with van der Waals surface area (Å²) in [7, 11) is 0. The van der Waals surface area contributed by atoms with Crippen molar-refractivity contribution in [3.63, 3.8) is 0 Å². The number of aryl methyl sites for hydroxylation is 1. The van der Waals surface area contributed by atoms with Gasteiger partial charge in [-0.1, -0.05) is 31.5 Å². The van der Waals surface area contributed by atoms with Crippen LogP contribution in [0.3, 0.4) is 0 Å². The lowest BCUT2D eigenvalue weighted by Gasteiger charge is -2.00. The maximum atomic E-state index is 5.62. The average Bonchev–Trinajstić information content (AvgIpc) is 2.78. The van der Waals surface area contributed by atoms with Crippen LogP contribution in [0.1, 0.15) is 24.6 Å². The van der Waals surface area contributed by atoms with Gasteiger partial charge in [-0.2, -0.15) is 0 Å². The first-order valence-electron chi connectivity index (χ1n) is 5.66. The van der Waals surface area contributed by atoms with Crippen molar-refractivity contribution in [3.05, 3.63) is 41.7 Å². The van der Waals surface area contributed by atoms with Gasteiger partial charge in [0.25, 0.3) is 0 Å². The minimum atomic E-state index is 0.566. The number of hydrogen-bond acceptors (Lipinski definition) is 2. The second-order valence-corrected chi connectivity index (χ2v) is 3.91. The number of nitrogens with two attached hydrogens (primary N) is 1. The van der Waals surface area contributed by atoms with Crippen LogP contribution < -0.4 is 5.73 Å². The molecule has 0 radical (unpaired) electrons. The van der Waals surface area contributed by atoms with E-state index in [9.17, 15) is 0 Å². The van der Waals surface area contributed by atoms with Gasteiger partial charge in [0.1, 0.15) is 5.82 Å². The topological polar surface area (TPSA) is 54.7 Å². The van der Waals surface area contributed by atoms with Gasteiger partial charge in [0.15, 0.2) is 0 Å². The van der Waals surface area contributed by atoms with Crippen LogP contribution in [0.15, 0.2) is 30.5 Å². The Kier molecular flexibility index (Phi) is 3.37. The molecule has 3 N–H and O–H groups in total. The Labute approximate surface area is 95.7 Å². The molecule has 84 valence electrons. The van der Waals surface area contributed by atoms with Crippen molar-refractivity contribution in [2.24, 2.45) is 5.73 Å². The summed E-state index contributed by atoms with van der Waals surface area (Å²) in [6, 6.07) is 8.17. The Morgan fingerprint density at radius 2 is 2.25 bits per heavy atom. The number of nitrogens with zero attached hydrogens (tertiary/aromatic N) is 1. The van der Waals surface area contributed by atoms with Crippen LogP contribution in [-0.2, 0) is 13.0 Å². The molecule has 0 atom stereocenters. The predicted molar refractivity (Wildman–Crippen MR) is 65.9 cm³/mol. The van der Waals surface area contributed by atoms with E-state index in [4.69, 9.17) is 5.73 Å². The summed E-state index contributed by atoms with van der Waals surface area (Å²) in [4.78, 5) is 7.71. The Morgan fingerprint density at radius 3 is 3.00 bits per heavy atom. The van der Waals surface area contributed by atoms with E-state index >= 15 is 0 Å². The van der Waals surface area contributed by atoms with Gasteiger partial charge < -0.3 is 10.7 Å². The third-order valence-electron chi connectivity index (χ3n) is 2.58. The van der Waals surface area contributed by atoms with Crippen molar-refractivity contribution in [2.45, 2.75) is 26.3 Å². The zero-order chi connectivity index (χ0) is 11.4. The minimum absolute atomic E-state index is 0.566. The summed E-state index contributed by atoms with van der Waals surface area (Å²) in [6.45, 7) is 2.73. The lowest BCUT2D eigenvalue weighted by Crippen LogP contribution is -1.96. The van der Waals surface area contributed by atoms with Crippen LogP contribution in [0.2, 0.25) is 0 Å². The molecule has 0 saturated carbocycles. The van der Waals surface area contributed by atoms with E-state index in [-0.39, 0.29) is 0 Å². The fourth-order valence-electron chi connectivity index (χ4n) is 1.75. The van der Waals surface area contributed by atoms with E-state index in [0.717, 1.165) is 29.8 Å². The molecular formula is C13H17N3. The fourth-order valence-corrected chi connectivity index (χ4v) is 1.75. The molecule has 0 spiro atoms. The lowest BCUT2D eigenvalue weighted by molar-refractivity contribution is 0.893. The largest absolute Gasteiger partial charge is 0.342 e. The van der Waals surface area contributed by atoms with Gasteiger partial charge in [-0.25, -0.2) is 4.98 Å². The lowest BCUT2D eigenvalue weighted by atomic mass is 10.1. The van der Waals surface area contributed by atoms with Gasteiger partial charge >= 0.3 is 0 Å². The van der Waals surface area contributed by atoms with Crippen molar-refractivity contribution in [1.29, 1.82) is 0 Å². The van der Waals surface area contributed by atoms with Gasteiger partial charge in [0.2, 0.25) is 0 Å². The number of aromatic amines is 1. The maximum Gasteiger partial charge on any atom is 0.137 e. The number of H-pyrrole nitrogens is 1. The molecule has 3 nitrogen and oxygen atoms in total. The first-order valence-corrected chi connectivity index (χ1v) is 5.66. The minimum Gasteiger partial charge on any atom is -0.342 e. The standard InChI is InChI=1S/C13H17N3/c1-2-4-12-9-15-13(16-12)11-6-3-5-10(7-11)8-14/h3,5-7,9H,2,4,8,14H2,1H3,(H,15,16). The molecule has 1 aromatic carbocycles. The number of rotatable bonds is 4. The molecule has 3 heteroatoms. The summed E-state index contributed by atoms with van der Waals surface area (Å²) in [5, 5.41) is 0. The highest BCUT2D eigenvalue weighted by Gasteiger charge is 2.03. The van der Waals surface area contributed by atoms with Gasteiger partial charge in [0, 0.05) is 24.0 Å². The molecule has 16 heavy (non-hydrogen) atoms. The summed E-state index contributed by atoms with van der Waals surface area (Å²) < 4.78 is 0. The second kappa shape index (κ2) is 4.94. The first kappa shape index (κ1) is 10.9.